The number of likely N-dealkylation sites (tertiary alicyclic amines) is 1. The first kappa shape index (κ1) is 14.7. The average molecular weight is 299 g/mol. The fraction of sp³-hybridized carbons (Fsp3) is 0.389. The van der Waals surface area contributed by atoms with Gasteiger partial charge in [0.05, 0.1) is 7.11 Å². The Morgan fingerprint density at radius 3 is 2.55 bits per heavy atom. The molecule has 116 valence electrons. The highest BCUT2D eigenvalue weighted by atomic mass is 16.5. The monoisotopic (exact) mass is 299 g/mol. The van der Waals surface area contributed by atoms with Crippen LogP contribution in [0.1, 0.15) is 25.0 Å². The predicted molar refractivity (Wildman–Crippen MR) is 84.8 cm³/mol. The summed E-state index contributed by atoms with van der Waals surface area (Å²) in [5.74, 6) is 2.75. The SMILES string of the molecule is COc1ccc(-c2ccc(CCC(=O)N3CCCC3)o2)cc1. The number of carbonyl (C=O) groups excluding carboxylic acids is 1. The summed E-state index contributed by atoms with van der Waals surface area (Å²) in [6.45, 7) is 1.82. The van der Waals surface area contributed by atoms with Gasteiger partial charge in [-0.05, 0) is 49.2 Å². The smallest absolute Gasteiger partial charge is 0.223 e. The lowest BCUT2D eigenvalue weighted by Gasteiger charge is -2.14. The first-order chi connectivity index (χ1) is 10.8. The number of hydrogen-bond donors (Lipinski definition) is 0. The van der Waals surface area contributed by atoms with Crippen LogP contribution < -0.4 is 4.74 Å². The molecule has 1 amide bonds. The Bertz CT molecular complexity index is 624. The largest absolute Gasteiger partial charge is 0.497 e. The highest BCUT2D eigenvalue weighted by molar-refractivity contribution is 5.76. The van der Waals surface area contributed by atoms with Gasteiger partial charge in [0.25, 0.3) is 0 Å². The molecular weight excluding hydrogens is 278 g/mol. The van der Waals surface area contributed by atoms with Gasteiger partial charge in [0.2, 0.25) is 5.91 Å². The van der Waals surface area contributed by atoms with Gasteiger partial charge in [0, 0.05) is 31.5 Å². The van der Waals surface area contributed by atoms with Crippen molar-refractivity contribution in [2.45, 2.75) is 25.7 Å². The van der Waals surface area contributed by atoms with E-state index in [9.17, 15) is 4.79 Å². The van der Waals surface area contributed by atoms with Crippen LogP contribution in [0, 0.1) is 0 Å². The molecule has 0 spiro atoms. The minimum Gasteiger partial charge on any atom is -0.497 e. The Labute approximate surface area is 130 Å². The van der Waals surface area contributed by atoms with E-state index in [-0.39, 0.29) is 5.91 Å². The zero-order valence-electron chi connectivity index (χ0n) is 12.9. The minimum atomic E-state index is 0.236. The van der Waals surface area contributed by atoms with Gasteiger partial charge in [-0.25, -0.2) is 0 Å². The summed E-state index contributed by atoms with van der Waals surface area (Å²) in [5, 5.41) is 0. The lowest BCUT2D eigenvalue weighted by molar-refractivity contribution is -0.130. The summed E-state index contributed by atoms with van der Waals surface area (Å²) in [4.78, 5) is 14.0. The highest BCUT2D eigenvalue weighted by Gasteiger charge is 2.18. The van der Waals surface area contributed by atoms with Crippen LogP contribution >= 0.6 is 0 Å². The van der Waals surface area contributed by atoms with Crippen LogP contribution in [0.15, 0.2) is 40.8 Å². The van der Waals surface area contributed by atoms with Crippen LogP contribution in [-0.2, 0) is 11.2 Å². The Balaban J connectivity index is 1.59. The fourth-order valence-corrected chi connectivity index (χ4v) is 2.78. The second-order valence-electron chi connectivity index (χ2n) is 5.58. The van der Waals surface area contributed by atoms with Crippen molar-refractivity contribution < 1.29 is 13.9 Å². The van der Waals surface area contributed by atoms with E-state index in [0.717, 1.165) is 48.8 Å². The Kier molecular flexibility index (Phi) is 4.47. The number of carbonyl (C=O) groups is 1. The van der Waals surface area contributed by atoms with E-state index in [1.807, 2.05) is 41.3 Å². The molecule has 0 atom stereocenters. The van der Waals surface area contributed by atoms with Crippen molar-refractivity contribution in [1.82, 2.24) is 4.90 Å². The third kappa shape index (κ3) is 3.32. The third-order valence-electron chi connectivity index (χ3n) is 4.08. The minimum absolute atomic E-state index is 0.236. The number of amides is 1. The predicted octanol–water partition coefficient (Wildman–Crippen LogP) is 3.51. The quantitative estimate of drug-likeness (QED) is 0.848. The summed E-state index contributed by atoms with van der Waals surface area (Å²) in [6, 6.07) is 11.7. The molecule has 0 bridgehead atoms. The molecule has 2 heterocycles. The van der Waals surface area contributed by atoms with Crippen molar-refractivity contribution in [2.75, 3.05) is 20.2 Å². The van der Waals surface area contributed by atoms with Gasteiger partial charge >= 0.3 is 0 Å². The van der Waals surface area contributed by atoms with Crippen molar-refractivity contribution in [3.8, 4) is 17.1 Å². The molecule has 1 aliphatic rings. The molecule has 22 heavy (non-hydrogen) atoms. The van der Waals surface area contributed by atoms with E-state index < -0.39 is 0 Å². The number of furan rings is 1. The fourth-order valence-electron chi connectivity index (χ4n) is 2.78. The molecule has 1 fully saturated rings. The number of benzene rings is 1. The summed E-state index contributed by atoms with van der Waals surface area (Å²) >= 11 is 0. The van der Waals surface area contributed by atoms with Gasteiger partial charge in [-0.15, -0.1) is 0 Å². The van der Waals surface area contributed by atoms with Crippen molar-refractivity contribution >= 4 is 5.91 Å². The molecule has 0 saturated carbocycles. The van der Waals surface area contributed by atoms with E-state index in [1.165, 1.54) is 0 Å². The number of aryl methyl sites for hydroxylation is 1. The first-order valence-electron chi connectivity index (χ1n) is 7.77. The lowest BCUT2D eigenvalue weighted by atomic mass is 10.2. The zero-order valence-corrected chi connectivity index (χ0v) is 12.9. The lowest BCUT2D eigenvalue weighted by Crippen LogP contribution is -2.27. The van der Waals surface area contributed by atoms with Crippen LogP contribution in [0.25, 0.3) is 11.3 Å². The molecule has 1 aromatic heterocycles. The van der Waals surface area contributed by atoms with Gasteiger partial charge in [0.1, 0.15) is 17.3 Å². The van der Waals surface area contributed by atoms with Crippen molar-refractivity contribution in [2.24, 2.45) is 0 Å². The number of hydrogen-bond acceptors (Lipinski definition) is 3. The number of methoxy groups -OCH3 is 1. The van der Waals surface area contributed by atoms with Crippen LogP contribution in [-0.4, -0.2) is 31.0 Å². The van der Waals surface area contributed by atoms with Crippen molar-refractivity contribution in [1.29, 1.82) is 0 Å². The molecule has 4 nitrogen and oxygen atoms in total. The van der Waals surface area contributed by atoms with E-state index in [4.69, 9.17) is 9.15 Å². The van der Waals surface area contributed by atoms with E-state index in [1.54, 1.807) is 7.11 Å². The third-order valence-corrected chi connectivity index (χ3v) is 4.08. The second-order valence-corrected chi connectivity index (χ2v) is 5.58. The molecule has 3 rings (SSSR count). The molecule has 1 aromatic carbocycles. The molecule has 2 aromatic rings. The van der Waals surface area contributed by atoms with Gasteiger partial charge in [-0.2, -0.15) is 0 Å². The van der Waals surface area contributed by atoms with Gasteiger partial charge in [-0.3, -0.25) is 4.79 Å². The normalized spacial score (nSPS) is 14.3. The first-order valence-corrected chi connectivity index (χ1v) is 7.77. The summed E-state index contributed by atoms with van der Waals surface area (Å²) in [6.07, 6.45) is 3.45. The van der Waals surface area contributed by atoms with E-state index >= 15 is 0 Å². The van der Waals surface area contributed by atoms with Crippen molar-refractivity contribution in [3.05, 3.63) is 42.2 Å². The second kappa shape index (κ2) is 6.69. The van der Waals surface area contributed by atoms with Gasteiger partial charge in [-0.1, -0.05) is 0 Å². The van der Waals surface area contributed by atoms with Crippen LogP contribution in [0.3, 0.4) is 0 Å². The van der Waals surface area contributed by atoms with E-state index in [0.29, 0.717) is 12.8 Å². The summed E-state index contributed by atoms with van der Waals surface area (Å²) in [7, 11) is 1.65. The molecule has 0 aliphatic carbocycles. The molecular formula is C18H21NO3. The van der Waals surface area contributed by atoms with Gasteiger partial charge in [0.15, 0.2) is 0 Å². The molecule has 1 aliphatic heterocycles. The molecule has 0 radical (unpaired) electrons. The number of nitrogens with zero attached hydrogens (tertiary/aromatic N) is 1. The number of rotatable bonds is 5. The zero-order chi connectivity index (χ0) is 15.4. The summed E-state index contributed by atoms with van der Waals surface area (Å²) in [5.41, 5.74) is 1.01. The Morgan fingerprint density at radius 2 is 1.86 bits per heavy atom. The Hall–Kier alpha value is -2.23. The van der Waals surface area contributed by atoms with Crippen LogP contribution in [0.4, 0.5) is 0 Å². The van der Waals surface area contributed by atoms with E-state index in [2.05, 4.69) is 0 Å². The van der Waals surface area contributed by atoms with Gasteiger partial charge < -0.3 is 14.1 Å². The maximum absolute atomic E-state index is 12.0. The molecule has 4 heteroatoms. The molecule has 0 unspecified atom stereocenters. The maximum atomic E-state index is 12.0. The molecule has 1 saturated heterocycles. The molecule has 0 N–H and O–H groups in total. The van der Waals surface area contributed by atoms with Crippen LogP contribution in [0.5, 0.6) is 5.75 Å². The maximum Gasteiger partial charge on any atom is 0.223 e. The average Bonchev–Trinajstić information content (AvgIpc) is 3.24. The summed E-state index contributed by atoms with van der Waals surface area (Å²) < 4.78 is 11.0. The van der Waals surface area contributed by atoms with Crippen molar-refractivity contribution in [3.63, 3.8) is 0 Å². The standard InChI is InChI=1S/C18H21NO3/c1-21-15-6-4-14(5-7-15)17-10-8-16(22-17)9-11-18(20)19-12-2-3-13-19/h4-8,10H,2-3,9,11-13H2,1H3. The highest BCUT2D eigenvalue weighted by Crippen LogP contribution is 2.25. The Morgan fingerprint density at radius 1 is 1.14 bits per heavy atom. The number of ether oxygens (including phenoxy) is 1. The topological polar surface area (TPSA) is 42.7 Å². The van der Waals surface area contributed by atoms with Crippen LogP contribution in [0.2, 0.25) is 0 Å².